The molecule has 1 aromatic heterocycles. The SMILES string of the molecule is Cc1occc1C(=O)N/N=C1/CCCCC1C. The molecule has 1 amide bonds. The van der Waals surface area contributed by atoms with Gasteiger partial charge < -0.3 is 4.42 Å². The zero-order chi connectivity index (χ0) is 12.3. The second kappa shape index (κ2) is 5.17. The molecule has 1 fully saturated rings. The number of furan rings is 1. The standard InChI is InChI=1S/C13H18N2O2/c1-9-5-3-4-6-12(9)14-15-13(16)11-7-8-17-10(11)2/h7-9H,3-6H2,1-2H3,(H,15,16)/b14-12-. The number of carbonyl (C=O) groups excluding carboxylic acids is 1. The van der Waals surface area contributed by atoms with Gasteiger partial charge >= 0.3 is 0 Å². The maximum absolute atomic E-state index is 11.8. The van der Waals surface area contributed by atoms with Crippen LogP contribution in [-0.2, 0) is 0 Å². The third-order valence-corrected chi connectivity index (χ3v) is 3.29. The number of nitrogens with zero attached hydrogens (tertiary/aromatic N) is 1. The van der Waals surface area contributed by atoms with E-state index in [0.717, 1.165) is 12.1 Å². The van der Waals surface area contributed by atoms with Crippen LogP contribution in [0.25, 0.3) is 0 Å². The molecule has 0 saturated heterocycles. The van der Waals surface area contributed by atoms with Crippen LogP contribution in [0.15, 0.2) is 21.8 Å². The Bertz CT molecular complexity index is 434. The van der Waals surface area contributed by atoms with E-state index in [1.165, 1.54) is 25.5 Å². The Morgan fingerprint density at radius 3 is 3.00 bits per heavy atom. The summed E-state index contributed by atoms with van der Waals surface area (Å²) in [6.07, 6.45) is 6.10. The summed E-state index contributed by atoms with van der Waals surface area (Å²) in [4.78, 5) is 11.8. The van der Waals surface area contributed by atoms with E-state index >= 15 is 0 Å². The van der Waals surface area contributed by atoms with Crippen molar-refractivity contribution < 1.29 is 9.21 Å². The molecule has 1 aliphatic rings. The Hall–Kier alpha value is -1.58. The van der Waals surface area contributed by atoms with E-state index in [1.54, 1.807) is 13.0 Å². The molecule has 4 nitrogen and oxygen atoms in total. The van der Waals surface area contributed by atoms with Gasteiger partial charge in [0.25, 0.3) is 5.91 Å². The average Bonchev–Trinajstić information content (AvgIpc) is 2.74. The Morgan fingerprint density at radius 2 is 2.35 bits per heavy atom. The molecule has 17 heavy (non-hydrogen) atoms. The summed E-state index contributed by atoms with van der Waals surface area (Å²) in [5.41, 5.74) is 4.27. The van der Waals surface area contributed by atoms with E-state index in [2.05, 4.69) is 17.5 Å². The smallest absolute Gasteiger partial charge is 0.274 e. The number of hydrogen-bond donors (Lipinski definition) is 1. The first-order chi connectivity index (χ1) is 8.18. The molecular formula is C13H18N2O2. The Labute approximate surface area is 101 Å². The molecule has 0 aliphatic heterocycles. The Morgan fingerprint density at radius 1 is 1.53 bits per heavy atom. The maximum Gasteiger partial charge on any atom is 0.274 e. The first kappa shape index (κ1) is 11.9. The fourth-order valence-corrected chi connectivity index (χ4v) is 2.14. The lowest BCUT2D eigenvalue weighted by Crippen LogP contribution is -2.24. The summed E-state index contributed by atoms with van der Waals surface area (Å²) < 4.78 is 5.09. The van der Waals surface area contributed by atoms with Crippen LogP contribution in [0.2, 0.25) is 0 Å². The first-order valence-electron chi connectivity index (χ1n) is 6.09. The van der Waals surface area contributed by atoms with Gasteiger partial charge in [-0.1, -0.05) is 13.3 Å². The van der Waals surface area contributed by atoms with E-state index in [9.17, 15) is 4.79 Å². The Balaban J connectivity index is 2.00. The van der Waals surface area contributed by atoms with Crippen LogP contribution < -0.4 is 5.43 Å². The number of rotatable bonds is 2. The molecule has 1 heterocycles. The van der Waals surface area contributed by atoms with Crippen molar-refractivity contribution in [1.29, 1.82) is 0 Å². The molecule has 1 unspecified atom stereocenters. The van der Waals surface area contributed by atoms with Crippen LogP contribution in [0, 0.1) is 12.8 Å². The first-order valence-corrected chi connectivity index (χ1v) is 6.09. The molecule has 1 atom stereocenters. The van der Waals surface area contributed by atoms with Gasteiger partial charge in [0, 0.05) is 5.71 Å². The Kier molecular flexibility index (Phi) is 3.61. The zero-order valence-electron chi connectivity index (χ0n) is 10.3. The molecule has 0 aromatic carbocycles. The highest BCUT2D eigenvalue weighted by Gasteiger charge is 2.17. The predicted octanol–water partition coefficient (Wildman–Crippen LogP) is 2.88. The van der Waals surface area contributed by atoms with Crippen molar-refractivity contribution in [2.75, 3.05) is 0 Å². The highest BCUT2D eigenvalue weighted by molar-refractivity contribution is 5.96. The van der Waals surface area contributed by atoms with Crippen molar-refractivity contribution >= 4 is 11.6 Å². The van der Waals surface area contributed by atoms with Crippen LogP contribution in [-0.4, -0.2) is 11.6 Å². The van der Waals surface area contributed by atoms with Gasteiger partial charge in [0.2, 0.25) is 0 Å². The lowest BCUT2D eigenvalue weighted by atomic mass is 9.89. The lowest BCUT2D eigenvalue weighted by Gasteiger charge is -2.19. The van der Waals surface area contributed by atoms with E-state index in [-0.39, 0.29) is 5.91 Å². The lowest BCUT2D eigenvalue weighted by molar-refractivity contribution is 0.0953. The minimum absolute atomic E-state index is 0.193. The molecule has 0 radical (unpaired) electrons. The largest absolute Gasteiger partial charge is 0.469 e. The highest BCUT2D eigenvalue weighted by Crippen LogP contribution is 2.20. The van der Waals surface area contributed by atoms with Crippen LogP contribution in [0.4, 0.5) is 0 Å². The van der Waals surface area contributed by atoms with Gasteiger partial charge in [-0.05, 0) is 38.2 Å². The van der Waals surface area contributed by atoms with Crippen LogP contribution >= 0.6 is 0 Å². The minimum Gasteiger partial charge on any atom is -0.469 e. The van der Waals surface area contributed by atoms with Gasteiger partial charge in [0.1, 0.15) is 5.76 Å². The van der Waals surface area contributed by atoms with Gasteiger partial charge in [-0.2, -0.15) is 5.10 Å². The minimum atomic E-state index is -0.193. The molecule has 1 N–H and O–H groups in total. The molecule has 1 aromatic rings. The van der Waals surface area contributed by atoms with Crippen molar-refractivity contribution in [2.45, 2.75) is 39.5 Å². The quantitative estimate of drug-likeness (QED) is 0.800. The maximum atomic E-state index is 11.8. The molecule has 0 spiro atoms. The van der Waals surface area contributed by atoms with Crippen molar-refractivity contribution in [3.05, 3.63) is 23.7 Å². The molecule has 92 valence electrons. The van der Waals surface area contributed by atoms with Crippen molar-refractivity contribution in [1.82, 2.24) is 5.43 Å². The summed E-state index contributed by atoms with van der Waals surface area (Å²) in [5.74, 6) is 0.912. The molecule has 2 rings (SSSR count). The van der Waals surface area contributed by atoms with Crippen molar-refractivity contribution in [3.63, 3.8) is 0 Å². The summed E-state index contributed by atoms with van der Waals surface area (Å²) in [6.45, 7) is 3.93. The molecular weight excluding hydrogens is 216 g/mol. The van der Waals surface area contributed by atoms with Gasteiger partial charge in [0.05, 0.1) is 11.8 Å². The highest BCUT2D eigenvalue weighted by atomic mass is 16.3. The number of nitrogens with one attached hydrogen (secondary N) is 1. The second-order valence-corrected chi connectivity index (χ2v) is 4.58. The topological polar surface area (TPSA) is 54.6 Å². The second-order valence-electron chi connectivity index (χ2n) is 4.58. The zero-order valence-corrected chi connectivity index (χ0v) is 10.3. The van der Waals surface area contributed by atoms with E-state index < -0.39 is 0 Å². The predicted molar refractivity (Wildman–Crippen MR) is 66.0 cm³/mol. The van der Waals surface area contributed by atoms with E-state index in [4.69, 9.17) is 4.42 Å². The molecule has 1 aliphatic carbocycles. The van der Waals surface area contributed by atoms with E-state index in [0.29, 0.717) is 17.2 Å². The fraction of sp³-hybridized carbons (Fsp3) is 0.538. The summed E-state index contributed by atoms with van der Waals surface area (Å²) in [5, 5.41) is 4.24. The summed E-state index contributed by atoms with van der Waals surface area (Å²) >= 11 is 0. The van der Waals surface area contributed by atoms with Crippen molar-refractivity contribution in [3.8, 4) is 0 Å². The number of amides is 1. The summed E-state index contributed by atoms with van der Waals surface area (Å²) in [7, 11) is 0. The van der Waals surface area contributed by atoms with Crippen LogP contribution in [0.5, 0.6) is 0 Å². The van der Waals surface area contributed by atoms with Gasteiger partial charge in [-0.25, -0.2) is 5.43 Å². The van der Waals surface area contributed by atoms with Gasteiger partial charge in [0.15, 0.2) is 0 Å². The molecule has 0 bridgehead atoms. The summed E-state index contributed by atoms with van der Waals surface area (Å²) in [6, 6.07) is 1.66. The van der Waals surface area contributed by atoms with E-state index in [1.807, 2.05) is 0 Å². The van der Waals surface area contributed by atoms with Gasteiger partial charge in [-0.3, -0.25) is 4.79 Å². The number of carbonyl (C=O) groups is 1. The van der Waals surface area contributed by atoms with Crippen LogP contribution in [0.3, 0.4) is 0 Å². The monoisotopic (exact) mass is 234 g/mol. The van der Waals surface area contributed by atoms with Crippen molar-refractivity contribution in [2.24, 2.45) is 11.0 Å². The van der Waals surface area contributed by atoms with Crippen LogP contribution in [0.1, 0.15) is 48.7 Å². The van der Waals surface area contributed by atoms with Gasteiger partial charge in [-0.15, -0.1) is 0 Å². The molecule has 1 saturated carbocycles. The fourth-order valence-electron chi connectivity index (χ4n) is 2.14. The third kappa shape index (κ3) is 2.75. The third-order valence-electron chi connectivity index (χ3n) is 3.29. The number of aryl methyl sites for hydroxylation is 1. The average molecular weight is 234 g/mol. The normalized spacial score (nSPS) is 22.7. The molecule has 4 heteroatoms. The number of hydrogen-bond acceptors (Lipinski definition) is 3. The number of hydrazone groups is 1.